The van der Waals surface area contributed by atoms with Gasteiger partial charge in [-0.2, -0.15) is 4.80 Å². The van der Waals surface area contributed by atoms with Crippen molar-refractivity contribution in [2.45, 2.75) is 39.2 Å². The van der Waals surface area contributed by atoms with E-state index in [9.17, 15) is 4.79 Å². The number of rotatable bonds is 4. The van der Waals surface area contributed by atoms with Crippen LogP contribution >= 0.6 is 0 Å². The van der Waals surface area contributed by atoms with Crippen molar-refractivity contribution < 1.29 is 4.79 Å². The normalized spacial score (nSPS) is 13.7. The maximum Gasteiger partial charge on any atom is 0.250 e. The van der Waals surface area contributed by atoms with Crippen molar-refractivity contribution in [2.24, 2.45) is 0 Å². The van der Waals surface area contributed by atoms with Gasteiger partial charge in [0, 0.05) is 17.8 Å². The van der Waals surface area contributed by atoms with Crippen LogP contribution in [0.3, 0.4) is 0 Å². The van der Waals surface area contributed by atoms with Crippen LogP contribution in [-0.2, 0) is 17.8 Å². The molecule has 6 heteroatoms. The third-order valence-electron chi connectivity index (χ3n) is 4.98. The van der Waals surface area contributed by atoms with E-state index in [2.05, 4.69) is 47.5 Å². The molecule has 0 spiro atoms. The number of aryl methyl sites for hydroxylation is 1. The second kappa shape index (κ2) is 7.31. The lowest BCUT2D eigenvalue weighted by Gasteiger charge is -2.29. The van der Waals surface area contributed by atoms with Gasteiger partial charge >= 0.3 is 0 Å². The Hall–Kier alpha value is -3.02. The van der Waals surface area contributed by atoms with Gasteiger partial charge in [0.1, 0.15) is 6.54 Å². The zero-order valence-electron chi connectivity index (χ0n) is 15.7. The number of fused-ring (bicyclic) bond motifs is 1. The number of para-hydroxylation sites is 1. The highest BCUT2D eigenvalue weighted by atomic mass is 16.2. The van der Waals surface area contributed by atoms with Gasteiger partial charge in [0.2, 0.25) is 5.82 Å². The topological polar surface area (TPSA) is 63.9 Å². The van der Waals surface area contributed by atoms with Gasteiger partial charge < -0.3 is 4.90 Å². The average molecular weight is 361 g/mol. The number of amides is 1. The fourth-order valence-electron chi connectivity index (χ4n) is 3.44. The lowest BCUT2D eigenvalue weighted by molar-refractivity contribution is -0.119. The van der Waals surface area contributed by atoms with Crippen LogP contribution in [-0.4, -0.2) is 32.7 Å². The molecule has 0 saturated carbocycles. The van der Waals surface area contributed by atoms with Crippen LogP contribution in [0.2, 0.25) is 0 Å². The third kappa shape index (κ3) is 3.60. The summed E-state index contributed by atoms with van der Waals surface area (Å²) >= 11 is 0. The molecule has 0 fully saturated rings. The fraction of sp³-hybridized carbons (Fsp3) is 0.333. The van der Waals surface area contributed by atoms with Crippen molar-refractivity contribution in [1.82, 2.24) is 20.2 Å². The predicted molar refractivity (Wildman–Crippen MR) is 104 cm³/mol. The molecule has 1 aromatic heterocycles. The zero-order chi connectivity index (χ0) is 18.8. The van der Waals surface area contributed by atoms with E-state index in [0.29, 0.717) is 11.7 Å². The summed E-state index contributed by atoms with van der Waals surface area (Å²) in [5.74, 6) is 1.01. The number of carbonyl (C=O) groups is 1. The molecule has 1 amide bonds. The summed E-state index contributed by atoms with van der Waals surface area (Å²) < 4.78 is 0. The molecule has 4 rings (SSSR count). The highest BCUT2D eigenvalue weighted by Crippen LogP contribution is 2.27. The van der Waals surface area contributed by atoms with Gasteiger partial charge in [-0.05, 0) is 41.2 Å². The summed E-state index contributed by atoms with van der Waals surface area (Å²) in [7, 11) is 0. The Labute approximate surface area is 158 Å². The molecule has 3 aromatic rings. The summed E-state index contributed by atoms with van der Waals surface area (Å²) in [5.41, 5.74) is 4.39. The van der Waals surface area contributed by atoms with Crippen LogP contribution in [0.1, 0.15) is 37.3 Å². The van der Waals surface area contributed by atoms with Crippen LogP contribution in [0.15, 0.2) is 48.5 Å². The highest BCUT2D eigenvalue weighted by molar-refractivity contribution is 5.94. The van der Waals surface area contributed by atoms with Gasteiger partial charge in [-0.25, -0.2) is 0 Å². The van der Waals surface area contributed by atoms with Crippen LogP contribution in [0, 0.1) is 0 Å². The summed E-state index contributed by atoms with van der Waals surface area (Å²) in [6, 6.07) is 16.2. The first-order valence-corrected chi connectivity index (χ1v) is 9.38. The molecule has 0 bridgehead atoms. The Morgan fingerprint density at radius 1 is 1.11 bits per heavy atom. The summed E-state index contributed by atoms with van der Waals surface area (Å²) in [5, 5.41) is 12.6. The van der Waals surface area contributed by atoms with E-state index in [1.54, 1.807) is 0 Å². The van der Waals surface area contributed by atoms with E-state index in [0.717, 1.165) is 30.6 Å². The minimum Gasteiger partial charge on any atom is -0.310 e. The van der Waals surface area contributed by atoms with E-state index in [-0.39, 0.29) is 12.5 Å². The molecule has 0 aliphatic carbocycles. The van der Waals surface area contributed by atoms with E-state index in [4.69, 9.17) is 0 Å². The Morgan fingerprint density at radius 2 is 1.89 bits per heavy atom. The van der Waals surface area contributed by atoms with Crippen LogP contribution in [0.5, 0.6) is 0 Å². The SMILES string of the molecule is CC(C)c1ccc(-c2nnn(CC(=O)N3CCCc4ccccc43)n2)cc1. The molecule has 6 nitrogen and oxygen atoms in total. The Kier molecular flexibility index (Phi) is 4.71. The number of carbonyl (C=O) groups excluding carboxylic acids is 1. The second-order valence-corrected chi connectivity index (χ2v) is 7.20. The van der Waals surface area contributed by atoms with Crippen molar-refractivity contribution in [1.29, 1.82) is 0 Å². The van der Waals surface area contributed by atoms with Gasteiger partial charge in [-0.15, -0.1) is 10.2 Å². The smallest absolute Gasteiger partial charge is 0.250 e. The van der Waals surface area contributed by atoms with Crippen LogP contribution in [0.25, 0.3) is 11.4 Å². The first kappa shape index (κ1) is 17.4. The number of anilines is 1. The maximum absolute atomic E-state index is 12.8. The molecule has 138 valence electrons. The highest BCUT2D eigenvalue weighted by Gasteiger charge is 2.23. The number of hydrogen-bond donors (Lipinski definition) is 0. The first-order chi connectivity index (χ1) is 13.1. The molecule has 0 radical (unpaired) electrons. The molecule has 1 aliphatic rings. The molecule has 2 aromatic carbocycles. The lowest BCUT2D eigenvalue weighted by Crippen LogP contribution is -2.38. The predicted octanol–water partition coefficient (Wildman–Crippen LogP) is 3.44. The standard InChI is InChI=1S/C21H23N5O/c1-15(2)16-9-11-18(12-10-16)21-22-24-26(23-21)14-20(27)25-13-5-7-17-6-3-4-8-19(17)25/h3-4,6,8-12,15H,5,7,13-14H2,1-2H3. The van der Waals surface area contributed by atoms with Gasteiger partial charge in [0.15, 0.2) is 0 Å². The van der Waals surface area contributed by atoms with E-state index < -0.39 is 0 Å². The Balaban J connectivity index is 1.49. The fourth-order valence-corrected chi connectivity index (χ4v) is 3.44. The lowest BCUT2D eigenvalue weighted by atomic mass is 10.0. The summed E-state index contributed by atoms with van der Waals surface area (Å²) in [6.07, 6.45) is 1.99. The third-order valence-corrected chi connectivity index (χ3v) is 4.98. The molecule has 27 heavy (non-hydrogen) atoms. The molecular weight excluding hydrogens is 338 g/mol. The minimum atomic E-state index is -0.0127. The van der Waals surface area contributed by atoms with E-state index in [1.807, 2.05) is 35.2 Å². The second-order valence-electron chi connectivity index (χ2n) is 7.20. The number of tetrazole rings is 1. The molecule has 0 saturated heterocycles. The average Bonchev–Trinajstić information content (AvgIpc) is 3.16. The molecular formula is C21H23N5O. The Morgan fingerprint density at radius 3 is 2.67 bits per heavy atom. The molecule has 0 atom stereocenters. The van der Waals surface area contributed by atoms with Crippen molar-refractivity contribution >= 4 is 11.6 Å². The molecule has 0 N–H and O–H groups in total. The summed E-state index contributed by atoms with van der Waals surface area (Å²) in [6.45, 7) is 5.14. The monoisotopic (exact) mass is 361 g/mol. The summed E-state index contributed by atoms with van der Waals surface area (Å²) in [4.78, 5) is 16.0. The Bertz CT molecular complexity index is 945. The number of hydrogen-bond acceptors (Lipinski definition) is 4. The van der Waals surface area contributed by atoms with Crippen LogP contribution < -0.4 is 4.90 Å². The van der Waals surface area contributed by atoms with Crippen molar-refractivity contribution in [3.8, 4) is 11.4 Å². The van der Waals surface area contributed by atoms with Crippen molar-refractivity contribution in [3.63, 3.8) is 0 Å². The largest absolute Gasteiger partial charge is 0.310 e. The van der Waals surface area contributed by atoms with Crippen molar-refractivity contribution in [2.75, 3.05) is 11.4 Å². The number of aromatic nitrogens is 4. The first-order valence-electron chi connectivity index (χ1n) is 9.38. The minimum absolute atomic E-state index is 0.0127. The molecule has 0 unspecified atom stereocenters. The van der Waals surface area contributed by atoms with Gasteiger partial charge in [-0.3, -0.25) is 4.79 Å². The molecule has 1 aliphatic heterocycles. The molecule has 2 heterocycles. The van der Waals surface area contributed by atoms with Gasteiger partial charge in [-0.1, -0.05) is 56.3 Å². The van der Waals surface area contributed by atoms with Crippen molar-refractivity contribution in [3.05, 3.63) is 59.7 Å². The van der Waals surface area contributed by atoms with Crippen LogP contribution in [0.4, 0.5) is 5.69 Å². The van der Waals surface area contributed by atoms with Gasteiger partial charge in [0.05, 0.1) is 0 Å². The zero-order valence-corrected chi connectivity index (χ0v) is 15.7. The van der Waals surface area contributed by atoms with E-state index >= 15 is 0 Å². The van der Waals surface area contributed by atoms with E-state index in [1.165, 1.54) is 15.9 Å². The number of benzene rings is 2. The van der Waals surface area contributed by atoms with Gasteiger partial charge in [0.25, 0.3) is 5.91 Å². The quantitative estimate of drug-likeness (QED) is 0.714. The number of nitrogens with zero attached hydrogens (tertiary/aromatic N) is 5. The maximum atomic E-state index is 12.8.